The Balaban J connectivity index is 2.31. The first kappa shape index (κ1) is 15.3. The van der Waals surface area contributed by atoms with E-state index >= 15 is 0 Å². The van der Waals surface area contributed by atoms with E-state index in [2.05, 4.69) is 9.17 Å². The van der Waals surface area contributed by atoms with Crippen LogP contribution in [0.25, 0.3) is 11.5 Å². The van der Waals surface area contributed by atoms with E-state index in [-0.39, 0.29) is 11.5 Å². The zero-order chi connectivity index (χ0) is 15.8. The average Bonchev–Trinajstić information content (AvgIpc) is 2.74. The van der Waals surface area contributed by atoms with Gasteiger partial charge in [-0.15, -0.1) is 0 Å². The Morgan fingerprint density at radius 3 is 2.52 bits per heavy atom. The molecule has 0 atom stereocenters. The third kappa shape index (κ3) is 3.15. The Hall–Kier alpha value is -2.10. The van der Waals surface area contributed by atoms with Gasteiger partial charge >= 0.3 is 15.6 Å². The van der Waals surface area contributed by atoms with Gasteiger partial charge in [0.25, 0.3) is 5.88 Å². The Morgan fingerprint density at radius 1 is 1.29 bits per heavy atom. The maximum Gasteiger partial charge on any atom is 0.534 e. The molecule has 1 aromatic carbocycles. The molecule has 2 rings (SSSR count). The van der Waals surface area contributed by atoms with Crippen molar-refractivity contribution in [3.63, 3.8) is 0 Å². The molecule has 0 aliphatic rings. The first-order valence-electron chi connectivity index (χ1n) is 5.33. The highest BCUT2D eigenvalue weighted by Crippen LogP contribution is 2.29. The average molecular weight is 325 g/mol. The molecule has 0 N–H and O–H groups in total. The normalized spacial score (nSPS) is 12.4. The molecule has 0 radical (unpaired) electrons. The predicted octanol–water partition coefficient (Wildman–Crippen LogP) is 3.02. The second-order valence-electron chi connectivity index (χ2n) is 3.93. The predicted molar refractivity (Wildman–Crippen MR) is 62.2 cm³/mol. The van der Waals surface area contributed by atoms with Crippen molar-refractivity contribution in [2.24, 2.45) is 0 Å². The number of aryl methyl sites for hydroxylation is 1. The molecule has 114 valence electrons. The van der Waals surface area contributed by atoms with Gasteiger partial charge in [-0.3, -0.25) is 0 Å². The monoisotopic (exact) mass is 325 g/mol. The van der Waals surface area contributed by atoms with Gasteiger partial charge in [0.1, 0.15) is 5.82 Å². The maximum absolute atomic E-state index is 12.9. The number of aromatic nitrogens is 1. The van der Waals surface area contributed by atoms with Crippen LogP contribution in [-0.4, -0.2) is 18.9 Å². The number of benzene rings is 1. The van der Waals surface area contributed by atoms with Crippen LogP contribution in [0.4, 0.5) is 17.6 Å². The molecule has 0 spiro atoms. The number of nitrogens with zero attached hydrogens (tertiary/aromatic N) is 1. The zero-order valence-electron chi connectivity index (χ0n) is 10.3. The molecule has 0 aliphatic heterocycles. The summed E-state index contributed by atoms with van der Waals surface area (Å²) >= 11 is 0. The van der Waals surface area contributed by atoms with Crippen molar-refractivity contribution < 1.29 is 34.6 Å². The third-order valence-corrected chi connectivity index (χ3v) is 3.34. The summed E-state index contributed by atoms with van der Waals surface area (Å²) in [6, 6.07) is 3.55. The molecule has 0 aliphatic carbocycles. The molecule has 0 saturated carbocycles. The van der Waals surface area contributed by atoms with Crippen molar-refractivity contribution in [2.75, 3.05) is 0 Å². The summed E-state index contributed by atoms with van der Waals surface area (Å²) < 4.78 is 79.6. The van der Waals surface area contributed by atoms with Gasteiger partial charge in [-0.05, 0) is 30.7 Å². The number of alkyl halides is 3. The first-order valence-corrected chi connectivity index (χ1v) is 6.74. The largest absolute Gasteiger partial charge is 0.534 e. The topological polar surface area (TPSA) is 69.4 Å². The number of hydrogen-bond donors (Lipinski definition) is 0. The smallest absolute Gasteiger partial charge is 0.440 e. The molecule has 5 nitrogen and oxygen atoms in total. The second-order valence-corrected chi connectivity index (χ2v) is 5.47. The summed E-state index contributed by atoms with van der Waals surface area (Å²) in [5.74, 6) is -1.58. The molecule has 2 aromatic rings. The van der Waals surface area contributed by atoms with E-state index in [1.54, 1.807) is 0 Å². The van der Waals surface area contributed by atoms with Crippen molar-refractivity contribution in [1.29, 1.82) is 0 Å². The fourth-order valence-electron chi connectivity index (χ4n) is 1.45. The van der Waals surface area contributed by atoms with Gasteiger partial charge in [-0.25, -0.2) is 4.39 Å². The first-order chi connectivity index (χ1) is 9.60. The van der Waals surface area contributed by atoms with Crippen molar-refractivity contribution >= 4 is 10.1 Å². The van der Waals surface area contributed by atoms with Gasteiger partial charge in [-0.2, -0.15) is 26.6 Å². The van der Waals surface area contributed by atoms with E-state index in [1.165, 1.54) is 13.0 Å². The Bertz CT molecular complexity index is 767. The van der Waals surface area contributed by atoms with Crippen molar-refractivity contribution in [3.05, 3.63) is 35.8 Å². The molecule has 0 saturated heterocycles. The van der Waals surface area contributed by atoms with Crippen molar-refractivity contribution in [2.45, 2.75) is 12.4 Å². The van der Waals surface area contributed by atoms with Crippen LogP contribution in [0.1, 0.15) is 5.56 Å². The SMILES string of the molecule is Cc1cc(F)ccc1-c1nc(OS(=O)(=O)C(F)(F)F)co1. The van der Waals surface area contributed by atoms with Gasteiger partial charge in [0.15, 0.2) is 6.26 Å². The standard InChI is InChI=1S/C11H7F4NO4S/c1-6-4-7(12)2-3-8(6)10-16-9(5-19-10)20-21(17,18)11(13,14)15/h2-5H,1H3. The van der Waals surface area contributed by atoms with E-state index < -0.39 is 27.3 Å². The van der Waals surface area contributed by atoms with E-state index in [0.29, 0.717) is 11.8 Å². The highest BCUT2D eigenvalue weighted by atomic mass is 32.2. The zero-order valence-corrected chi connectivity index (χ0v) is 11.1. The van der Waals surface area contributed by atoms with Gasteiger partial charge in [0, 0.05) is 5.56 Å². The number of rotatable bonds is 3. The lowest BCUT2D eigenvalue weighted by Gasteiger charge is -2.06. The lowest BCUT2D eigenvalue weighted by molar-refractivity contribution is -0.0501. The van der Waals surface area contributed by atoms with Crippen LogP contribution in [0.15, 0.2) is 28.9 Å². The van der Waals surface area contributed by atoms with Crippen LogP contribution < -0.4 is 4.18 Å². The summed E-state index contributed by atoms with van der Waals surface area (Å²) in [5, 5.41) is 0. The van der Waals surface area contributed by atoms with Crippen LogP contribution in [0.2, 0.25) is 0 Å². The van der Waals surface area contributed by atoms with Gasteiger partial charge in [-0.1, -0.05) is 0 Å². The molecule has 0 fully saturated rings. The minimum absolute atomic E-state index is 0.195. The fourth-order valence-corrected chi connectivity index (χ4v) is 1.84. The van der Waals surface area contributed by atoms with E-state index in [1.807, 2.05) is 0 Å². The number of hydrogen-bond acceptors (Lipinski definition) is 5. The second kappa shape index (κ2) is 5.02. The molecule has 1 aromatic heterocycles. The molecule has 1 heterocycles. The van der Waals surface area contributed by atoms with Crippen LogP contribution in [0.3, 0.4) is 0 Å². The maximum atomic E-state index is 12.9. The highest BCUT2D eigenvalue weighted by molar-refractivity contribution is 7.87. The lowest BCUT2D eigenvalue weighted by Crippen LogP contribution is -2.28. The summed E-state index contributed by atoms with van der Waals surface area (Å²) in [4.78, 5) is 3.48. The Kier molecular flexibility index (Phi) is 3.66. The Morgan fingerprint density at radius 2 is 1.95 bits per heavy atom. The number of halogens is 4. The Labute approximate surface area is 116 Å². The number of oxazole rings is 1. The molecule has 21 heavy (non-hydrogen) atoms. The van der Waals surface area contributed by atoms with Gasteiger partial charge in [0.05, 0.1) is 0 Å². The summed E-state index contributed by atoms with van der Waals surface area (Å²) in [6.45, 7) is 1.52. The third-order valence-electron chi connectivity index (χ3n) is 2.38. The summed E-state index contributed by atoms with van der Waals surface area (Å²) in [7, 11) is -5.82. The summed E-state index contributed by atoms with van der Waals surface area (Å²) in [5.41, 5.74) is -4.88. The molecular formula is C11H7F4NO4S. The van der Waals surface area contributed by atoms with Crippen molar-refractivity contribution in [3.8, 4) is 17.3 Å². The molecule has 0 amide bonds. The quantitative estimate of drug-likeness (QED) is 0.493. The van der Waals surface area contributed by atoms with E-state index in [9.17, 15) is 26.0 Å². The summed E-state index contributed by atoms with van der Waals surface area (Å²) in [6.07, 6.45) is 0.613. The molecule has 10 heteroatoms. The fraction of sp³-hybridized carbons (Fsp3) is 0.182. The van der Waals surface area contributed by atoms with Crippen LogP contribution >= 0.6 is 0 Å². The van der Waals surface area contributed by atoms with Crippen molar-refractivity contribution in [1.82, 2.24) is 4.98 Å². The lowest BCUT2D eigenvalue weighted by atomic mass is 10.1. The van der Waals surface area contributed by atoms with Gasteiger partial charge < -0.3 is 8.60 Å². The molecular weight excluding hydrogens is 318 g/mol. The van der Waals surface area contributed by atoms with Crippen LogP contribution in [-0.2, 0) is 10.1 Å². The molecule has 0 unspecified atom stereocenters. The minimum Gasteiger partial charge on any atom is -0.440 e. The molecule has 0 bridgehead atoms. The van der Waals surface area contributed by atoms with Crippen LogP contribution in [0.5, 0.6) is 5.88 Å². The van der Waals surface area contributed by atoms with E-state index in [0.717, 1.165) is 12.1 Å². The van der Waals surface area contributed by atoms with Crippen LogP contribution in [0, 0.1) is 12.7 Å². The minimum atomic E-state index is -5.82. The highest BCUT2D eigenvalue weighted by Gasteiger charge is 2.49. The van der Waals surface area contributed by atoms with E-state index in [4.69, 9.17) is 4.42 Å². The van der Waals surface area contributed by atoms with Gasteiger partial charge in [0.2, 0.25) is 5.89 Å².